The maximum atomic E-state index is 11.6. The molecule has 132 valence electrons. The Kier molecular flexibility index (Phi) is 7.18. The minimum Gasteiger partial charge on any atom is -0.298 e. The molecule has 1 aliphatic carbocycles. The first-order valence-corrected chi connectivity index (χ1v) is 9.20. The highest BCUT2D eigenvalue weighted by molar-refractivity contribution is 5.78. The maximum Gasteiger partial charge on any atom is 0.146 e. The number of hydrogen-bond acceptors (Lipinski definition) is 1. The van der Waals surface area contributed by atoms with Gasteiger partial charge in [0, 0.05) is 5.92 Å². The van der Waals surface area contributed by atoms with Gasteiger partial charge in [0.2, 0.25) is 0 Å². The Morgan fingerprint density at radius 1 is 1.04 bits per heavy atom. The van der Waals surface area contributed by atoms with Crippen LogP contribution in [0.4, 0.5) is 0 Å². The summed E-state index contributed by atoms with van der Waals surface area (Å²) in [6, 6.07) is 10.4. The van der Waals surface area contributed by atoms with Crippen LogP contribution in [0.3, 0.4) is 0 Å². The van der Waals surface area contributed by atoms with Gasteiger partial charge in [-0.1, -0.05) is 71.4 Å². The third-order valence-electron chi connectivity index (χ3n) is 4.99. The second-order valence-electron chi connectivity index (χ2n) is 7.30. The molecule has 0 saturated heterocycles. The summed E-state index contributed by atoms with van der Waals surface area (Å²) in [6.07, 6.45) is 13.0. The SMILES string of the molecule is CC(C)=CCC/C(C)=C/C[C@H]1C(C)=CC=C(C=O)[C@H]1c1ccccc1. The molecular formula is C24H30O. The molecule has 1 aromatic carbocycles. The highest BCUT2D eigenvalue weighted by atomic mass is 16.1. The van der Waals surface area contributed by atoms with Gasteiger partial charge in [0.1, 0.15) is 6.29 Å². The van der Waals surface area contributed by atoms with Crippen molar-refractivity contribution in [3.63, 3.8) is 0 Å². The first-order valence-electron chi connectivity index (χ1n) is 9.20. The van der Waals surface area contributed by atoms with E-state index < -0.39 is 0 Å². The molecule has 1 nitrogen and oxygen atoms in total. The molecule has 0 bridgehead atoms. The molecular weight excluding hydrogens is 304 g/mol. The fourth-order valence-corrected chi connectivity index (χ4v) is 3.49. The monoisotopic (exact) mass is 334 g/mol. The third kappa shape index (κ3) is 5.42. The Hall–Kier alpha value is -2.15. The van der Waals surface area contributed by atoms with Crippen LogP contribution < -0.4 is 0 Å². The first-order chi connectivity index (χ1) is 12.0. The zero-order valence-corrected chi connectivity index (χ0v) is 16.0. The molecule has 1 aliphatic rings. The van der Waals surface area contributed by atoms with Gasteiger partial charge in [-0.2, -0.15) is 0 Å². The average molecular weight is 335 g/mol. The van der Waals surface area contributed by atoms with Crippen molar-refractivity contribution in [1.82, 2.24) is 0 Å². The van der Waals surface area contributed by atoms with E-state index in [0.717, 1.165) is 31.1 Å². The Morgan fingerprint density at radius 3 is 2.40 bits per heavy atom. The number of allylic oxidation sites excluding steroid dienone is 8. The normalized spacial score (nSPS) is 20.6. The Morgan fingerprint density at radius 2 is 1.76 bits per heavy atom. The summed E-state index contributed by atoms with van der Waals surface area (Å²) in [5, 5.41) is 0. The summed E-state index contributed by atoms with van der Waals surface area (Å²) in [4.78, 5) is 11.6. The molecule has 2 atom stereocenters. The van der Waals surface area contributed by atoms with Crippen LogP contribution in [0.5, 0.6) is 0 Å². The number of carbonyl (C=O) groups excluding carboxylic acids is 1. The van der Waals surface area contributed by atoms with Gasteiger partial charge in [0.25, 0.3) is 0 Å². The fourth-order valence-electron chi connectivity index (χ4n) is 3.49. The summed E-state index contributed by atoms with van der Waals surface area (Å²) < 4.78 is 0. The summed E-state index contributed by atoms with van der Waals surface area (Å²) in [5.74, 6) is 0.511. The van der Waals surface area contributed by atoms with Gasteiger partial charge in [0.15, 0.2) is 0 Å². The van der Waals surface area contributed by atoms with Crippen LogP contribution in [0, 0.1) is 5.92 Å². The van der Waals surface area contributed by atoms with Crippen LogP contribution in [0.25, 0.3) is 0 Å². The van der Waals surface area contributed by atoms with Crippen molar-refractivity contribution >= 4 is 6.29 Å². The lowest BCUT2D eigenvalue weighted by Crippen LogP contribution is -2.20. The van der Waals surface area contributed by atoms with Gasteiger partial charge in [-0.25, -0.2) is 0 Å². The van der Waals surface area contributed by atoms with Crippen molar-refractivity contribution in [1.29, 1.82) is 0 Å². The van der Waals surface area contributed by atoms with Crippen molar-refractivity contribution in [2.24, 2.45) is 5.92 Å². The summed E-state index contributed by atoms with van der Waals surface area (Å²) in [5.41, 5.74) is 6.28. The molecule has 2 rings (SSSR count). The molecule has 0 heterocycles. The van der Waals surface area contributed by atoms with Crippen molar-refractivity contribution in [2.75, 3.05) is 0 Å². The molecule has 0 aromatic heterocycles. The molecule has 0 spiro atoms. The average Bonchev–Trinajstić information content (AvgIpc) is 2.60. The minimum absolute atomic E-state index is 0.158. The van der Waals surface area contributed by atoms with Gasteiger partial charge >= 0.3 is 0 Å². The van der Waals surface area contributed by atoms with E-state index in [1.807, 2.05) is 12.1 Å². The van der Waals surface area contributed by atoms with Crippen molar-refractivity contribution < 1.29 is 4.79 Å². The molecule has 0 unspecified atom stereocenters. The lowest BCUT2D eigenvalue weighted by Gasteiger charge is -2.31. The van der Waals surface area contributed by atoms with E-state index in [0.29, 0.717) is 5.92 Å². The van der Waals surface area contributed by atoms with Gasteiger partial charge in [-0.3, -0.25) is 4.79 Å². The Balaban J connectivity index is 2.18. The molecule has 0 fully saturated rings. The van der Waals surface area contributed by atoms with Crippen molar-refractivity contribution in [3.05, 3.63) is 82.5 Å². The van der Waals surface area contributed by atoms with Crippen LogP contribution in [-0.2, 0) is 4.79 Å². The van der Waals surface area contributed by atoms with Gasteiger partial charge in [0.05, 0.1) is 0 Å². The van der Waals surface area contributed by atoms with Crippen LogP contribution in [0.2, 0.25) is 0 Å². The topological polar surface area (TPSA) is 17.1 Å². The third-order valence-corrected chi connectivity index (χ3v) is 4.99. The quantitative estimate of drug-likeness (QED) is 0.408. The predicted molar refractivity (Wildman–Crippen MR) is 108 cm³/mol. The smallest absolute Gasteiger partial charge is 0.146 e. The lowest BCUT2D eigenvalue weighted by atomic mass is 9.72. The number of carbonyl (C=O) groups is 1. The Bertz CT molecular complexity index is 697. The number of hydrogen-bond donors (Lipinski definition) is 0. The number of rotatable bonds is 7. The van der Waals surface area contributed by atoms with E-state index in [9.17, 15) is 4.79 Å². The molecule has 0 aliphatic heterocycles. The molecule has 25 heavy (non-hydrogen) atoms. The Labute approximate surface area is 152 Å². The van der Waals surface area contributed by atoms with Gasteiger partial charge in [-0.05, 0) is 64.0 Å². The van der Waals surface area contributed by atoms with Crippen molar-refractivity contribution in [3.8, 4) is 0 Å². The standard InChI is InChI=1S/C24H30O/c1-18(2)9-8-10-19(3)13-16-23-20(4)14-15-22(17-25)24(23)21-11-6-5-7-12-21/h5-7,9,11-15,17,23-24H,8,10,16H2,1-4H3/b19-13+/t23-,24+/m0/s1. The zero-order chi connectivity index (χ0) is 18.2. The number of benzene rings is 1. The summed E-state index contributed by atoms with van der Waals surface area (Å²) >= 11 is 0. The molecule has 1 aromatic rings. The van der Waals surface area contributed by atoms with Crippen LogP contribution >= 0.6 is 0 Å². The summed E-state index contributed by atoms with van der Waals surface area (Å²) in [6.45, 7) is 8.69. The molecule has 0 N–H and O–H groups in total. The highest BCUT2D eigenvalue weighted by Crippen LogP contribution is 2.40. The van der Waals surface area contributed by atoms with Gasteiger partial charge in [-0.15, -0.1) is 0 Å². The van der Waals surface area contributed by atoms with Crippen LogP contribution in [0.15, 0.2) is 76.9 Å². The van der Waals surface area contributed by atoms with Crippen LogP contribution in [0.1, 0.15) is 58.4 Å². The number of aldehydes is 1. The molecule has 0 radical (unpaired) electrons. The van der Waals surface area contributed by atoms with E-state index in [1.54, 1.807) is 0 Å². The predicted octanol–water partition coefficient (Wildman–Crippen LogP) is 6.55. The fraction of sp³-hybridized carbons (Fsp3) is 0.375. The van der Waals surface area contributed by atoms with E-state index in [-0.39, 0.29) is 5.92 Å². The van der Waals surface area contributed by atoms with Crippen LogP contribution in [-0.4, -0.2) is 6.29 Å². The second kappa shape index (κ2) is 9.36. The van der Waals surface area contributed by atoms with E-state index in [2.05, 4.69) is 70.2 Å². The largest absolute Gasteiger partial charge is 0.298 e. The first kappa shape index (κ1) is 19.2. The van der Waals surface area contributed by atoms with E-state index in [4.69, 9.17) is 0 Å². The maximum absolute atomic E-state index is 11.6. The molecule has 0 amide bonds. The zero-order valence-electron chi connectivity index (χ0n) is 16.0. The molecule has 0 saturated carbocycles. The summed E-state index contributed by atoms with van der Waals surface area (Å²) in [7, 11) is 0. The highest BCUT2D eigenvalue weighted by Gasteiger charge is 2.29. The van der Waals surface area contributed by atoms with E-state index >= 15 is 0 Å². The lowest BCUT2D eigenvalue weighted by molar-refractivity contribution is -0.105. The molecule has 1 heteroatoms. The minimum atomic E-state index is 0.158. The van der Waals surface area contributed by atoms with Crippen molar-refractivity contribution in [2.45, 2.75) is 52.9 Å². The second-order valence-corrected chi connectivity index (χ2v) is 7.30. The van der Waals surface area contributed by atoms with E-state index in [1.165, 1.54) is 22.3 Å². The van der Waals surface area contributed by atoms with Gasteiger partial charge < -0.3 is 0 Å².